The lowest BCUT2D eigenvalue weighted by atomic mass is 10.2. The monoisotopic (exact) mass is 199 g/mol. The molecule has 2 heterocycles. The Hall–Kier alpha value is -0.780. The lowest BCUT2D eigenvalue weighted by molar-refractivity contribution is 0.535. The Morgan fingerprint density at radius 3 is 3.08 bits per heavy atom. The Morgan fingerprint density at radius 1 is 1.54 bits per heavy atom. The Labute approximate surface area is 81.1 Å². The maximum absolute atomic E-state index is 5.58. The molecule has 0 aliphatic carbocycles. The number of rotatable bonds is 2. The summed E-state index contributed by atoms with van der Waals surface area (Å²) < 4.78 is 1.68. The fraction of sp³-hybridized carbons (Fsp3) is 0.857. The normalized spacial score (nSPS) is 23.2. The molecule has 1 aliphatic rings. The highest BCUT2D eigenvalue weighted by Crippen LogP contribution is 2.26. The van der Waals surface area contributed by atoms with Gasteiger partial charge in [-0.1, -0.05) is 11.5 Å². The van der Waals surface area contributed by atoms with E-state index < -0.39 is 0 Å². The van der Waals surface area contributed by atoms with E-state index in [0.717, 1.165) is 6.54 Å². The number of hydrogen-bond donors (Lipinski definition) is 1. The molecular weight excluding hydrogens is 186 g/mol. The molecule has 1 unspecified atom stereocenters. The van der Waals surface area contributed by atoms with Crippen LogP contribution in [0.1, 0.15) is 19.3 Å². The summed E-state index contributed by atoms with van der Waals surface area (Å²) in [7, 11) is 0. The SMILES string of the molecule is Nc1nnnn1CC1CCCCS1. The number of thioether (sulfide) groups is 1. The summed E-state index contributed by atoms with van der Waals surface area (Å²) in [6, 6.07) is 0. The van der Waals surface area contributed by atoms with Gasteiger partial charge in [0.1, 0.15) is 0 Å². The standard InChI is InChI=1S/C7H13N5S/c8-7-9-10-11-12(7)5-6-3-1-2-4-13-6/h6H,1-5H2,(H2,8,9,11). The fourth-order valence-corrected chi connectivity index (χ4v) is 2.77. The molecule has 2 rings (SSSR count). The molecule has 1 fully saturated rings. The number of aromatic nitrogens is 4. The van der Waals surface area contributed by atoms with Crippen LogP contribution in [0.15, 0.2) is 0 Å². The third-order valence-electron chi connectivity index (χ3n) is 2.21. The molecule has 0 amide bonds. The maximum Gasteiger partial charge on any atom is 0.240 e. The summed E-state index contributed by atoms with van der Waals surface area (Å²) >= 11 is 2.00. The molecular formula is C7H13N5S. The molecule has 0 bridgehead atoms. The van der Waals surface area contributed by atoms with Crippen molar-refractivity contribution in [1.82, 2.24) is 20.2 Å². The van der Waals surface area contributed by atoms with Gasteiger partial charge >= 0.3 is 0 Å². The van der Waals surface area contributed by atoms with E-state index in [1.165, 1.54) is 25.0 Å². The quantitative estimate of drug-likeness (QED) is 0.753. The minimum Gasteiger partial charge on any atom is -0.367 e. The van der Waals surface area contributed by atoms with Crippen molar-refractivity contribution in [2.24, 2.45) is 0 Å². The summed E-state index contributed by atoms with van der Waals surface area (Å²) in [6.07, 6.45) is 3.91. The van der Waals surface area contributed by atoms with Crippen molar-refractivity contribution in [3.05, 3.63) is 0 Å². The van der Waals surface area contributed by atoms with E-state index in [-0.39, 0.29) is 0 Å². The lowest BCUT2D eigenvalue weighted by Crippen LogP contribution is -2.19. The zero-order chi connectivity index (χ0) is 9.10. The number of hydrogen-bond acceptors (Lipinski definition) is 5. The van der Waals surface area contributed by atoms with Crippen LogP contribution in [-0.2, 0) is 6.54 Å². The molecule has 0 aromatic carbocycles. The molecule has 13 heavy (non-hydrogen) atoms. The van der Waals surface area contributed by atoms with Crippen molar-refractivity contribution in [2.75, 3.05) is 11.5 Å². The molecule has 0 saturated carbocycles. The average molecular weight is 199 g/mol. The first kappa shape index (κ1) is 8.80. The predicted molar refractivity (Wildman–Crippen MR) is 52.3 cm³/mol. The van der Waals surface area contributed by atoms with E-state index in [1.54, 1.807) is 4.68 Å². The molecule has 1 aromatic rings. The van der Waals surface area contributed by atoms with E-state index >= 15 is 0 Å². The van der Waals surface area contributed by atoms with E-state index in [4.69, 9.17) is 5.73 Å². The zero-order valence-electron chi connectivity index (χ0n) is 7.39. The highest BCUT2D eigenvalue weighted by Gasteiger charge is 2.16. The largest absolute Gasteiger partial charge is 0.367 e. The van der Waals surface area contributed by atoms with Crippen LogP contribution in [0, 0.1) is 0 Å². The second kappa shape index (κ2) is 3.95. The molecule has 2 N–H and O–H groups in total. The Kier molecular flexibility index (Phi) is 2.68. The minimum atomic E-state index is 0.422. The van der Waals surface area contributed by atoms with Crippen LogP contribution in [0.2, 0.25) is 0 Å². The fourth-order valence-electron chi connectivity index (χ4n) is 1.49. The van der Waals surface area contributed by atoms with E-state index in [0.29, 0.717) is 11.2 Å². The Balaban J connectivity index is 1.93. The number of anilines is 1. The molecule has 1 aromatic heterocycles. The summed E-state index contributed by atoms with van der Waals surface area (Å²) in [5, 5.41) is 11.6. The topological polar surface area (TPSA) is 69.6 Å². The second-order valence-electron chi connectivity index (χ2n) is 3.21. The summed E-state index contributed by atoms with van der Waals surface area (Å²) in [4.78, 5) is 0. The van der Waals surface area contributed by atoms with Gasteiger partial charge in [-0.25, -0.2) is 4.68 Å². The summed E-state index contributed by atoms with van der Waals surface area (Å²) in [5.41, 5.74) is 5.58. The van der Waals surface area contributed by atoms with Crippen molar-refractivity contribution in [3.8, 4) is 0 Å². The average Bonchev–Trinajstić information content (AvgIpc) is 2.54. The van der Waals surface area contributed by atoms with E-state index in [2.05, 4.69) is 15.5 Å². The van der Waals surface area contributed by atoms with Gasteiger partial charge in [-0.05, 0) is 29.0 Å². The summed E-state index contributed by atoms with van der Waals surface area (Å²) in [6.45, 7) is 0.851. The lowest BCUT2D eigenvalue weighted by Gasteiger charge is -2.20. The Bertz CT molecular complexity index is 268. The van der Waals surface area contributed by atoms with Gasteiger partial charge < -0.3 is 5.73 Å². The molecule has 0 radical (unpaired) electrons. The van der Waals surface area contributed by atoms with Gasteiger partial charge in [0.25, 0.3) is 0 Å². The first-order valence-electron chi connectivity index (χ1n) is 4.49. The van der Waals surface area contributed by atoms with Crippen molar-refractivity contribution < 1.29 is 0 Å². The first-order valence-corrected chi connectivity index (χ1v) is 5.54. The van der Waals surface area contributed by atoms with Gasteiger partial charge in [0.05, 0.1) is 6.54 Å². The number of nitrogens with two attached hydrogens (primary N) is 1. The highest BCUT2D eigenvalue weighted by atomic mass is 32.2. The van der Waals surface area contributed by atoms with Crippen LogP contribution in [0.25, 0.3) is 0 Å². The maximum atomic E-state index is 5.58. The predicted octanol–water partition coefficient (Wildman–Crippen LogP) is 0.541. The molecule has 72 valence electrons. The third kappa shape index (κ3) is 2.12. The smallest absolute Gasteiger partial charge is 0.240 e. The summed E-state index contributed by atoms with van der Waals surface area (Å²) in [5.74, 6) is 1.68. The van der Waals surface area contributed by atoms with Crippen LogP contribution < -0.4 is 5.73 Å². The van der Waals surface area contributed by atoms with Crippen molar-refractivity contribution in [3.63, 3.8) is 0 Å². The Morgan fingerprint density at radius 2 is 2.46 bits per heavy atom. The van der Waals surface area contributed by atoms with Crippen LogP contribution in [0.3, 0.4) is 0 Å². The number of tetrazole rings is 1. The molecule has 1 aliphatic heterocycles. The number of nitrogens with zero attached hydrogens (tertiary/aromatic N) is 4. The van der Waals surface area contributed by atoms with Crippen molar-refractivity contribution >= 4 is 17.7 Å². The van der Waals surface area contributed by atoms with E-state index in [9.17, 15) is 0 Å². The van der Waals surface area contributed by atoms with Gasteiger partial charge in [-0.2, -0.15) is 11.8 Å². The second-order valence-corrected chi connectivity index (χ2v) is 4.62. The third-order valence-corrected chi connectivity index (χ3v) is 3.59. The van der Waals surface area contributed by atoms with Gasteiger partial charge in [-0.3, -0.25) is 0 Å². The molecule has 1 saturated heterocycles. The van der Waals surface area contributed by atoms with Gasteiger partial charge in [0, 0.05) is 5.25 Å². The first-order chi connectivity index (χ1) is 6.36. The van der Waals surface area contributed by atoms with Gasteiger partial charge in [0.15, 0.2) is 0 Å². The van der Waals surface area contributed by atoms with Gasteiger partial charge in [-0.15, -0.1) is 0 Å². The molecule has 5 nitrogen and oxygen atoms in total. The zero-order valence-corrected chi connectivity index (χ0v) is 8.20. The van der Waals surface area contributed by atoms with Gasteiger partial charge in [0.2, 0.25) is 5.95 Å². The van der Waals surface area contributed by atoms with Crippen LogP contribution in [-0.4, -0.2) is 31.2 Å². The molecule has 0 spiro atoms. The molecule has 6 heteroatoms. The van der Waals surface area contributed by atoms with E-state index in [1.807, 2.05) is 11.8 Å². The van der Waals surface area contributed by atoms with Crippen molar-refractivity contribution in [1.29, 1.82) is 0 Å². The highest BCUT2D eigenvalue weighted by molar-refractivity contribution is 7.99. The van der Waals surface area contributed by atoms with Crippen LogP contribution >= 0.6 is 11.8 Å². The minimum absolute atomic E-state index is 0.422. The van der Waals surface area contributed by atoms with Crippen LogP contribution in [0.5, 0.6) is 0 Å². The van der Waals surface area contributed by atoms with Crippen LogP contribution in [0.4, 0.5) is 5.95 Å². The molecule has 1 atom stereocenters. The van der Waals surface area contributed by atoms with Crippen molar-refractivity contribution in [2.45, 2.75) is 31.1 Å². The number of nitrogen functional groups attached to an aromatic ring is 1.